The lowest BCUT2D eigenvalue weighted by Gasteiger charge is -2.21. The van der Waals surface area contributed by atoms with E-state index in [1.54, 1.807) is 0 Å². The highest BCUT2D eigenvalue weighted by molar-refractivity contribution is 5.55. The molecule has 1 aromatic heterocycles. The summed E-state index contributed by atoms with van der Waals surface area (Å²) in [5.74, 6) is 2.64. The van der Waals surface area contributed by atoms with Crippen molar-refractivity contribution >= 4 is 11.6 Å². The predicted molar refractivity (Wildman–Crippen MR) is 67.9 cm³/mol. The minimum Gasteiger partial charge on any atom is -0.383 e. The van der Waals surface area contributed by atoms with Crippen molar-refractivity contribution in [2.75, 3.05) is 24.3 Å². The van der Waals surface area contributed by atoms with Crippen LogP contribution in [0.1, 0.15) is 24.7 Å². The first kappa shape index (κ1) is 12.1. The van der Waals surface area contributed by atoms with E-state index in [1.807, 2.05) is 13.8 Å². The SMILES string of the molecule is Cc1nc(N)c(C)c(NC(C)C2CCOC2)n1. The zero-order chi connectivity index (χ0) is 12.4. The van der Waals surface area contributed by atoms with Gasteiger partial charge in [0.15, 0.2) is 0 Å². The van der Waals surface area contributed by atoms with E-state index in [-0.39, 0.29) is 0 Å². The van der Waals surface area contributed by atoms with Gasteiger partial charge in [-0.3, -0.25) is 0 Å². The molecule has 0 saturated carbocycles. The molecule has 5 nitrogen and oxygen atoms in total. The first-order valence-electron chi connectivity index (χ1n) is 6.03. The highest BCUT2D eigenvalue weighted by Gasteiger charge is 2.23. The Morgan fingerprint density at radius 3 is 2.82 bits per heavy atom. The van der Waals surface area contributed by atoms with E-state index in [0.717, 1.165) is 31.0 Å². The molecule has 0 amide bonds. The number of hydrogen-bond donors (Lipinski definition) is 2. The van der Waals surface area contributed by atoms with Gasteiger partial charge in [0.2, 0.25) is 0 Å². The molecule has 3 N–H and O–H groups in total. The van der Waals surface area contributed by atoms with E-state index < -0.39 is 0 Å². The van der Waals surface area contributed by atoms with E-state index in [4.69, 9.17) is 10.5 Å². The number of hydrogen-bond acceptors (Lipinski definition) is 5. The van der Waals surface area contributed by atoms with Crippen molar-refractivity contribution in [3.63, 3.8) is 0 Å². The van der Waals surface area contributed by atoms with Crippen molar-refractivity contribution in [2.24, 2.45) is 5.92 Å². The number of nitrogens with two attached hydrogens (primary N) is 1. The van der Waals surface area contributed by atoms with Crippen LogP contribution in [0.2, 0.25) is 0 Å². The number of anilines is 2. The van der Waals surface area contributed by atoms with E-state index in [1.165, 1.54) is 0 Å². The lowest BCUT2D eigenvalue weighted by Crippen LogP contribution is -2.27. The van der Waals surface area contributed by atoms with Crippen LogP contribution in [0.5, 0.6) is 0 Å². The molecule has 2 unspecified atom stereocenters. The molecule has 1 aliphatic rings. The molecular weight excluding hydrogens is 216 g/mol. The molecule has 1 aromatic rings. The average molecular weight is 236 g/mol. The second-order valence-corrected chi connectivity index (χ2v) is 4.69. The van der Waals surface area contributed by atoms with Crippen LogP contribution in [0.15, 0.2) is 0 Å². The molecule has 0 aromatic carbocycles. The molecule has 0 radical (unpaired) electrons. The number of ether oxygens (including phenoxy) is 1. The van der Waals surface area contributed by atoms with Crippen molar-refractivity contribution in [3.8, 4) is 0 Å². The molecule has 94 valence electrons. The van der Waals surface area contributed by atoms with Gasteiger partial charge in [0.05, 0.1) is 6.61 Å². The smallest absolute Gasteiger partial charge is 0.134 e. The van der Waals surface area contributed by atoms with Crippen LogP contribution in [-0.4, -0.2) is 29.2 Å². The third-order valence-corrected chi connectivity index (χ3v) is 3.33. The van der Waals surface area contributed by atoms with Crippen molar-refractivity contribution in [1.29, 1.82) is 0 Å². The third kappa shape index (κ3) is 2.66. The van der Waals surface area contributed by atoms with Gasteiger partial charge in [-0.1, -0.05) is 0 Å². The summed E-state index contributed by atoms with van der Waals surface area (Å²) < 4.78 is 5.40. The standard InChI is InChI=1S/C12H20N4O/c1-7-11(13)15-9(3)16-12(7)14-8(2)10-4-5-17-6-10/h8,10H,4-6H2,1-3H3,(H3,13,14,15,16). The molecule has 1 fully saturated rings. The van der Waals surface area contributed by atoms with Crippen molar-refractivity contribution in [2.45, 2.75) is 33.2 Å². The summed E-state index contributed by atoms with van der Waals surface area (Å²) in [7, 11) is 0. The monoisotopic (exact) mass is 236 g/mol. The Bertz CT molecular complexity index is 402. The van der Waals surface area contributed by atoms with Gasteiger partial charge in [-0.05, 0) is 27.2 Å². The van der Waals surface area contributed by atoms with E-state index >= 15 is 0 Å². The molecule has 1 saturated heterocycles. The van der Waals surface area contributed by atoms with E-state index in [2.05, 4.69) is 22.2 Å². The second-order valence-electron chi connectivity index (χ2n) is 4.69. The van der Waals surface area contributed by atoms with Crippen molar-refractivity contribution < 1.29 is 4.74 Å². The summed E-state index contributed by atoms with van der Waals surface area (Å²) in [5, 5.41) is 3.42. The van der Waals surface area contributed by atoms with Crippen LogP contribution in [0.4, 0.5) is 11.6 Å². The maximum absolute atomic E-state index is 5.83. The van der Waals surface area contributed by atoms with Crippen LogP contribution in [0, 0.1) is 19.8 Å². The molecule has 5 heteroatoms. The highest BCUT2D eigenvalue weighted by Crippen LogP contribution is 2.22. The molecule has 0 aliphatic carbocycles. The molecule has 1 aliphatic heterocycles. The molecule has 2 atom stereocenters. The zero-order valence-electron chi connectivity index (χ0n) is 10.7. The summed E-state index contributed by atoms with van der Waals surface area (Å²) in [6.07, 6.45) is 1.10. The molecule has 0 spiro atoms. The number of rotatable bonds is 3. The first-order chi connectivity index (χ1) is 8.08. The Morgan fingerprint density at radius 1 is 1.41 bits per heavy atom. The van der Waals surface area contributed by atoms with Gasteiger partial charge in [-0.25, -0.2) is 9.97 Å². The van der Waals surface area contributed by atoms with Gasteiger partial charge in [0.1, 0.15) is 17.5 Å². The van der Waals surface area contributed by atoms with E-state index in [0.29, 0.717) is 23.6 Å². The predicted octanol–water partition coefficient (Wildman–Crippen LogP) is 1.51. The fourth-order valence-corrected chi connectivity index (χ4v) is 2.07. The number of nitrogens with one attached hydrogen (secondary N) is 1. The van der Waals surface area contributed by atoms with E-state index in [9.17, 15) is 0 Å². The first-order valence-corrected chi connectivity index (χ1v) is 6.03. The molecule has 0 bridgehead atoms. The summed E-state index contributed by atoms with van der Waals surface area (Å²) >= 11 is 0. The summed E-state index contributed by atoms with van der Waals surface area (Å²) in [6.45, 7) is 7.64. The molecule has 17 heavy (non-hydrogen) atoms. The van der Waals surface area contributed by atoms with Crippen LogP contribution < -0.4 is 11.1 Å². The van der Waals surface area contributed by atoms with Crippen molar-refractivity contribution in [3.05, 3.63) is 11.4 Å². The van der Waals surface area contributed by atoms with Crippen LogP contribution >= 0.6 is 0 Å². The third-order valence-electron chi connectivity index (χ3n) is 3.33. The Labute approximate surface area is 102 Å². The van der Waals surface area contributed by atoms with Gasteiger partial charge in [-0.15, -0.1) is 0 Å². The Hall–Kier alpha value is -1.36. The Balaban J connectivity index is 2.12. The van der Waals surface area contributed by atoms with Gasteiger partial charge >= 0.3 is 0 Å². The topological polar surface area (TPSA) is 73.1 Å². The average Bonchev–Trinajstić information content (AvgIpc) is 2.78. The molecule has 2 rings (SSSR count). The van der Waals surface area contributed by atoms with Crippen LogP contribution in [0.25, 0.3) is 0 Å². The maximum atomic E-state index is 5.83. The summed E-state index contributed by atoms with van der Waals surface area (Å²) in [5.41, 5.74) is 6.75. The number of nitrogen functional groups attached to an aromatic ring is 1. The second kappa shape index (κ2) is 4.87. The van der Waals surface area contributed by atoms with Gasteiger partial charge in [0, 0.05) is 24.1 Å². The number of aryl methyl sites for hydroxylation is 1. The Morgan fingerprint density at radius 2 is 2.18 bits per heavy atom. The fraction of sp³-hybridized carbons (Fsp3) is 0.667. The fourth-order valence-electron chi connectivity index (χ4n) is 2.07. The molecule has 2 heterocycles. The quantitative estimate of drug-likeness (QED) is 0.832. The van der Waals surface area contributed by atoms with Crippen LogP contribution in [-0.2, 0) is 4.74 Å². The maximum Gasteiger partial charge on any atom is 0.134 e. The van der Waals surface area contributed by atoms with Gasteiger partial charge in [-0.2, -0.15) is 0 Å². The van der Waals surface area contributed by atoms with Crippen LogP contribution in [0.3, 0.4) is 0 Å². The highest BCUT2D eigenvalue weighted by atomic mass is 16.5. The summed E-state index contributed by atoms with van der Waals surface area (Å²) in [4.78, 5) is 8.54. The minimum atomic E-state index is 0.338. The van der Waals surface area contributed by atoms with Gasteiger partial charge in [0.25, 0.3) is 0 Å². The number of aromatic nitrogens is 2. The lowest BCUT2D eigenvalue weighted by molar-refractivity contribution is 0.183. The Kier molecular flexibility index (Phi) is 3.47. The number of nitrogens with zero attached hydrogens (tertiary/aromatic N) is 2. The molecular formula is C12H20N4O. The minimum absolute atomic E-state index is 0.338. The van der Waals surface area contributed by atoms with Gasteiger partial charge < -0.3 is 15.8 Å². The largest absolute Gasteiger partial charge is 0.383 e. The normalized spacial score (nSPS) is 21.5. The summed E-state index contributed by atoms with van der Waals surface area (Å²) in [6, 6.07) is 0.338. The zero-order valence-corrected chi connectivity index (χ0v) is 10.7. The van der Waals surface area contributed by atoms with Crippen molar-refractivity contribution in [1.82, 2.24) is 9.97 Å². The lowest BCUT2D eigenvalue weighted by atomic mass is 10.0.